The number of fused-ring (bicyclic) bond motifs is 1. The highest BCUT2D eigenvalue weighted by atomic mass is 14.9. The van der Waals surface area contributed by atoms with Crippen molar-refractivity contribution in [2.75, 3.05) is 0 Å². The molecule has 0 aliphatic heterocycles. The van der Waals surface area contributed by atoms with Crippen LogP contribution in [0, 0.1) is 18.3 Å². The summed E-state index contributed by atoms with van der Waals surface area (Å²) < 4.78 is 2.15. The van der Waals surface area contributed by atoms with E-state index in [1.54, 1.807) is 0 Å². The number of para-hydroxylation sites is 1. The number of benzene rings is 1. The topological polar surface area (TPSA) is 28.7 Å². The third kappa shape index (κ3) is 1.61. The summed E-state index contributed by atoms with van der Waals surface area (Å²) in [4.78, 5) is 0. The van der Waals surface area contributed by atoms with E-state index < -0.39 is 0 Å². The lowest BCUT2D eigenvalue weighted by molar-refractivity contribution is 0.937. The number of nitrogens with zero attached hydrogens (tertiary/aromatic N) is 2. The van der Waals surface area contributed by atoms with E-state index in [0.717, 1.165) is 6.42 Å². The first-order valence-electron chi connectivity index (χ1n) is 5.14. The summed E-state index contributed by atoms with van der Waals surface area (Å²) >= 11 is 0. The molecular weight excluding hydrogens is 184 g/mol. The van der Waals surface area contributed by atoms with Crippen molar-refractivity contribution in [1.29, 1.82) is 5.26 Å². The normalized spacial score (nSPS) is 10.5. The average molecular weight is 198 g/mol. The molecule has 0 atom stereocenters. The number of aryl methyl sites for hydroxylation is 3. The van der Waals surface area contributed by atoms with E-state index in [2.05, 4.69) is 49.0 Å². The fraction of sp³-hybridized carbons (Fsp3) is 0.308. The lowest BCUT2D eigenvalue weighted by Crippen LogP contribution is -1.86. The number of hydrogen-bond donors (Lipinski definition) is 0. The van der Waals surface area contributed by atoms with Gasteiger partial charge in [-0.3, -0.25) is 0 Å². The Kier molecular flexibility index (Phi) is 2.47. The Morgan fingerprint density at radius 2 is 2.20 bits per heavy atom. The Hall–Kier alpha value is -1.75. The van der Waals surface area contributed by atoms with Crippen LogP contribution in [-0.4, -0.2) is 4.57 Å². The second kappa shape index (κ2) is 3.78. The van der Waals surface area contributed by atoms with Gasteiger partial charge < -0.3 is 4.57 Å². The van der Waals surface area contributed by atoms with Crippen molar-refractivity contribution >= 4 is 10.9 Å². The zero-order valence-electron chi connectivity index (χ0n) is 9.12. The highest BCUT2D eigenvalue weighted by Crippen LogP contribution is 2.24. The first-order valence-corrected chi connectivity index (χ1v) is 5.14. The second-order valence-corrected chi connectivity index (χ2v) is 3.89. The van der Waals surface area contributed by atoms with Crippen LogP contribution in [0.1, 0.15) is 17.5 Å². The summed E-state index contributed by atoms with van der Waals surface area (Å²) in [5.41, 5.74) is 3.85. The van der Waals surface area contributed by atoms with Gasteiger partial charge in [-0.25, -0.2) is 0 Å². The van der Waals surface area contributed by atoms with Gasteiger partial charge in [0.05, 0.1) is 11.6 Å². The third-order valence-electron chi connectivity index (χ3n) is 2.79. The van der Waals surface area contributed by atoms with Crippen LogP contribution >= 0.6 is 0 Å². The Bertz CT molecular complexity index is 529. The van der Waals surface area contributed by atoms with E-state index in [1.807, 2.05) is 0 Å². The maximum absolute atomic E-state index is 8.60. The van der Waals surface area contributed by atoms with Crippen molar-refractivity contribution in [1.82, 2.24) is 4.57 Å². The van der Waals surface area contributed by atoms with Crippen molar-refractivity contribution in [2.24, 2.45) is 7.05 Å². The summed E-state index contributed by atoms with van der Waals surface area (Å²) in [5.74, 6) is 0. The summed E-state index contributed by atoms with van der Waals surface area (Å²) in [6, 6.07) is 8.53. The molecule has 0 unspecified atom stereocenters. The molecule has 0 aliphatic carbocycles. The molecule has 1 aromatic carbocycles. The van der Waals surface area contributed by atoms with Gasteiger partial charge in [-0.2, -0.15) is 5.26 Å². The van der Waals surface area contributed by atoms with Crippen LogP contribution in [-0.2, 0) is 13.5 Å². The number of nitriles is 1. The van der Waals surface area contributed by atoms with Gasteiger partial charge in [0.25, 0.3) is 0 Å². The van der Waals surface area contributed by atoms with Gasteiger partial charge in [0, 0.05) is 25.1 Å². The Morgan fingerprint density at radius 1 is 1.40 bits per heavy atom. The van der Waals surface area contributed by atoms with E-state index in [9.17, 15) is 0 Å². The standard InChI is InChI=1S/C13H14N2/c1-10-5-3-7-12-11(6-4-8-14)9-15(2)13(10)12/h3,5,7,9H,4,6H2,1-2H3. The zero-order valence-corrected chi connectivity index (χ0v) is 9.12. The molecule has 1 heterocycles. The molecule has 0 saturated carbocycles. The number of rotatable bonds is 2. The molecule has 0 bridgehead atoms. The average Bonchev–Trinajstić information content (AvgIpc) is 2.54. The van der Waals surface area contributed by atoms with Gasteiger partial charge in [-0.05, 0) is 24.5 Å². The van der Waals surface area contributed by atoms with Crippen molar-refractivity contribution in [3.63, 3.8) is 0 Å². The predicted octanol–water partition coefficient (Wildman–Crippen LogP) is 2.94. The number of aromatic nitrogens is 1. The molecule has 0 aliphatic rings. The maximum Gasteiger partial charge on any atom is 0.0625 e. The van der Waals surface area contributed by atoms with Crippen LogP contribution in [0.5, 0.6) is 0 Å². The second-order valence-electron chi connectivity index (χ2n) is 3.89. The zero-order chi connectivity index (χ0) is 10.8. The highest BCUT2D eigenvalue weighted by molar-refractivity contribution is 5.86. The SMILES string of the molecule is Cc1cccc2c(CCC#N)cn(C)c12. The van der Waals surface area contributed by atoms with Gasteiger partial charge in [-0.1, -0.05) is 18.2 Å². The van der Waals surface area contributed by atoms with Gasteiger partial charge in [0.1, 0.15) is 0 Å². The molecule has 0 radical (unpaired) electrons. The lowest BCUT2D eigenvalue weighted by Gasteiger charge is -1.99. The lowest BCUT2D eigenvalue weighted by atomic mass is 10.1. The minimum absolute atomic E-state index is 0.590. The van der Waals surface area contributed by atoms with E-state index >= 15 is 0 Å². The van der Waals surface area contributed by atoms with E-state index in [4.69, 9.17) is 5.26 Å². The highest BCUT2D eigenvalue weighted by Gasteiger charge is 2.07. The molecule has 0 saturated heterocycles. The van der Waals surface area contributed by atoms with E-state index in [0.29, 0.717) is 6.42 Å². The third-order valence-corrected chi connectivity index (χ3v) is 2.79. The first kappa shape index (κ1) is 9.79. The Morgan fingerprint density at radius 3 is 2.93 bits per heavy atom. The van der Waals surface area contributed by atoms with Crippen molar-refractivity contribution in [2.45, 2.75) is 19.8 Å². The molecule has 0 fully saturated rings. The Labute approximate surface area is 89.7 Å². The van der Waals surface area contributed by atoms with Crippen molar-refractivity contribution < 1.29 is 0 Å². The molecule has 0 N–H and O–H groups in total. The largest absolute Gasteiger partial charge is 0.350 e. The van der Waals surface area contributed by atoms with Crippen LogP contribution in [0.3, 0.4) is 0 Å². The summed E-state index contributed by atoms with van der Waals surface area (Å²) in [5, 5.41) is 9.89. The number of hydrogen-bond acceptors (Lipinski definition) is 1. The minimum atomic E-state index is 0.590. The Balaban J connectivity index is 2.59. The molecule has 2 heteroatoms. The predicted molar refractivity (Wildman–Crippen MR) is 61.6 cm³/mol. The van der Waals surface area contributed by atoms with Crippen molar-refractivity contribution in [3.8, 4) is 6.07 Å². The van der Waals surface area contributed by atoms with Crippen LogP contribution < -0.4 is 0 Å². The molecule has 0 spiro atoms. The molecule has 0 amide bonds. The van der Waals surface area contributed by atoms with Gasteiger partial charge >= 0.3 is 0 Å². The fourth-order valence-corrected chi connectivity index (χ4v) is 2.14. The summed E-state index contributed by atoms with van der Waals surface area (Å²) in [7, 11) is 2.06. The van der Waals surface area contributed by atoms with E-state index in [1.165, 1.54) is 22.0 Å². The van der Waals surface area contributed by atoms with Gasteiger partial charge in [0.2, 0.25) is 0 Å². The summed E-state index contributed by atoms with van der Waals surface area (Å²) in [6.07, 6.45) is 3.57. The van der Waals surface area contributed by atoms with Gasteiger partial charge in [0.15, 0.2) is 0 Å². The van der Waals surface area contributed by atoms with Crippen LogP contribution in [0.15, 0.2) is 24.4 Å². The van der Waals surface area contributed by atoms with Crippen LogP contribution in [0.4, 0.5) is 0 Å². The smallest absolute Gasteiger partial charge is 0.0625 e. The maximum atomic E-state index is 8.60. The summed E-state index contributed by atoms with van der Waals surface area (Å²) in [6.45, 7) is 2.12. The molecule has 2 aromatic rings. The quantitative estimate of drug-likeness (QED) is 0.729. The van der Waals surface area contributed by atoms with Gasteiger partial charge in [-0.15, -0.1) is 0 Å². The molecule has 2 rings (SSSR count). The van der Waals surface area contributed by atoms with Crippen molar-refractivity contribution in [3.05, 3.63) is 35.5 Å². The van der Waals surface area contributed by atoms with Crippen LogP contribution in [0.2, 0.25) is 0 Å². The van der Waals surface area contributed by atoms with E-state index in [-0.39, 0.29) is 0 Å². The molecule has 15 heavy (non-hydrogen) atoms. The molecule has 1 aromatic heterocycles. The fourth-order valence-electron chi connectivity index (χ4n) is 2.14. The molecule has 2 nitrogen and oxygen atoms in total. The monoisotopic (exact) mass is 198 g/mol. The molecule has 76 valence electrons. The van der Waals surface area contributed by atoms with Crippen LogP contribution in [0.25, 0.3) is 10.9 Å². The molecular formula is C13H14N2. The minimum Gasteiger partial charge on any atom is -0.350 e. The first-order chi connectivity index (χ1) is 7.24.